The summed E-state index contributed by atoms with van der Waals surface area (Å²) < 4.78 is 7.09. The Kier molecular flexibility index (Phi) is 2.10. The first-order valence-corrected chi connectivity index (χ1v) is 4.02. The third kappa shape index (κ3) is 1.65. The van der Waals surface area contributed by atoms with Gasteiger partial charge in [0.2, 0.25) is 5.88 Å². The van der Waals surface area contributed by atoms with Crippen LogP contribution in [0, 0.1) is 0 Å². The van der Waals surface area contributed by atoms with Gasteiger partial charge in [-0.15, -0.1) is 0 Å². The van der Waals surface area contributed by atoms with Gasteiger partial charge in [0.05, 0.1) is 19.3 Å². The Bertz CT molecular complexity index is 250. The molecule has 1 saturated heterocycles. The van der Waals surface area contributed by atoms with E-state index in [1.54, 1.807) is 23.0 Å². The Morgan fingerprint density at radius 1 is 1.50 bits per heavy atom. The zero-order chi connectivity index (χ0) is 8.39. The van der Waals surface area contributed by atoms with E-state index in [9.17, 15) is 0 Å². The van der Waals surface area contributed by atoms with Crippen molar-refractivity contribution in [3.8, 4) is 5.88 Å². The van der Waals surface area contributed by atoms with Crippen LogP contribution in [-0.2, 0) is 0 Å². The quantitative estimate of drug-likeness (QED) is 0.636. The van der Waals surface area contributed by atoms with E-state index in [0.29, 0.717) is 5.88 Å². The molecule has 0 saturated carbocycles. The van der Waals surface area contributed by atoms with Crippen LogP contribution in [0.3, 0.4) is 0 Å². The third-order valence-electron chi connectivity index (χ3n) is 1.63. The zero-order valence-corrected chi connectivity index (χ0v) is 7.11. The first-order chi connectivity index (χ1) is 5.84. The molecule has 12 heavy (non-hydrogen) atoms. The lowest BCUT2D eigenvalue weighted by Gasteiger charge is -2.32. The van der Waals surface area contributed by atoms with Gasteiger partial charge >= 0.3 is 0 Å². The molecule has 64 valence electrons. The molecule has 0 unspecified atom stereocenters. The molecule has 2 rings (SSSR count). The average Bonchev–Trinajstić information content (AvgIpc) is 2.04. The maximum Gasteiger partial charge on any atom is 0.232 e. The summed E-state index contributed by atoms with van der Waals surface area (Å²) in [5.41, 5.74) is 0. The molecule has 1 aromatic heterocycles. The number of hydrogen-bond donors (Lipinski definition) is 0. The molecule has 2 heterocycles. The second-order valence-electron chi connectivity index (χ2n) is 2.61. The number of hydrogen-bond acceptors (Lipinski definition) is 4. The fourth-order valence-electron chi connectivity index (χ4n) is 0.980. The number of aromatic nitrogens is 2. The lowest BCUT2D eigenvalue weighted by molar-refractivity contribution is 0.0738. The summed E-state index contributed by atoms with van der Waals surface area (Å²) >= 11 is 5.63. The summed E-state index contributed by atoms with van der Waals surface area (Å²) in [5, 5.41) is 0. The van der Waals surface area contributed by atoms with Gasteiger partial charge in [0, 0.05) is 12.4 Å². The Balaban J connectivity index is 1.88. The van der Waals surface area contributed by atoms with Crippen molar-refractivity contribution in [2.75, 3.05) is 13.1 Å². The molecule has 1 aromatic rings. The first kappa shape index (κ1) is 7.76. The van der Waals surface area contributed by atoms with Gasteiger partial charge in [0.15, 0.2) is 0 Å². The molecule has 0 radical (unpaired) electrons. The van der Waals surface area contributed by atoms with Crippen molar-refractivity contribution in [1.29, 1.82) is 0 Å². The third-order valence-corrected chi connectivity index (χ3v) is 1.91. The maximum absolute atomic E-state index is 5.63. The van der Waals surface area contributed by atoms with Crippen molar-refractivity contribution < 1.29 is 4.74 Å². The van der Waals surface area contributed by atoms with Crippen LogP contribution < -0.4 is 4.74 Å². The van der Waals surface area contributed by atoms with Gasteiger partial charge < -0.3 is 4.74 Å². The molecule has 0 N–H and O–H groups in total. The highest BCUT2D eigenvalue weighted by atomic mass is 35.5. The molecule has 1 fully saturated rings. The van der Waals surface area contributed by atoms with Crippen LogP contribution in [0.4, 0.5) is 0 Å². The van der Waals surface area contributed by atoms with Crippen LogP contribution in [-0.4, -0.2) is 33.6 Å². The standard InChI is InChI=1S/C7H8ClN3O/c8-11-4-6(5-11)12-7-3-9-1-2-10-7/h1-3,6H,4-5H2. The van der Waals surface area contributed by atoms with E-state index in [1.165, 1.54) is 0 Å². The molecule has 4 nitrogen and oxygen atoms in total. The Morgan fingerprint density at radius 2 is 2.33 bits per heavy atom. The van der Waals surface area contributed by atoms with E-state index in [-0.39, 0.29) is 6.10 Å². The maximum atomic E-state index is 5.63. The smallest absolute Gasteiger partial charge is 0.232 e. The van der Waals surface area contributed by atoms with E-state index in [2.05, 4.69) is 9.97 Å². The minimum Gasteiger partial charge on any atom is -0.470 e. The molecule has 0 amide bonds. The molecule has 1 aliphatic heterocycles. The van der Waals surface area contributed by atoms with E-state index < -0.39 is 0 Å². The average molecular weight is 186 g/mol. The van der Waals surface area contributed by atoms with Crippen LogP contribution in [0.5, 0.6) is 5.88 Å². The van der Waals surface area contributed by atoms with Crippen LogP contribution in [0.2, 0.25) is 0 Å². The summed E-state index contributed by atoms with van der Waals surface area (Å²) in [6.07, 6.45) is 4.98. The van der Waals surface area contributed by atoms with Crippen molar-refractivity contribution >= 4 is 11.8 Å². The fraction of sp³-hybridized carbons (Fsp3) is 0.429. The molecule has 0 atom stereocenters. The van der Waals surface area contributed by atoms with Crippen molar-refractivity contribution in [3.63, 3.8) is 0 Å². The van der Waals surface area contributed by atoms with Crippen molar-refractivity contribution in [2.24, 2.45) is 0 Å². The second-order valence-corrected chi connectivity index (χ2v) is 3.09. The number of halogens is 1. The molecule has 0 aliphatic carbocycles. The number of ether oxygens (including phenoxy) is 1. The molecule has 5 heteroatoms. The molecule has 1 aliphatic rings. The highest BCUT2D eigenvalue weighted by Crippen LogP contribution is 2.15. The van der Waals surface area contributed by atoms with Crippen LogP contribution in [0.1, 0.15) is 0 Å². The molecular formula is C7H8ClN3O. The van der Waals surface area contributed by atoms with E-state index >= 15 is 0 Å². The van der Waals surface area contributed by atoms with Gasteiger partial charge in [-0.3, -0.25) is 4.98 Å². The topological polar surface area (TPSA) is 38.2 Å². The summed E-state index contributed by atoms with van der Waals surface area (Å²) in [6, 6.07) is 0. The van der Waals surface area contributed by atoms with Gasteiger partial charge in [0.1, 0.15) is 6.10 Å². The predicted octanol–water partition coefficient (Wildman–Crippen LogP) is 0.693. The van der Waals surface area contributed by atoms with Crippen LogP contribution in [0.25, 0.3) is 0 Å². The highest BCUT2D eigenvalue weighted by molar-refractivity contribution is 6.13. The molecule has 0 bridgehead atoms. The lowest BCUT2D eigenvalue weighted by atomic mass is 10.2. The van der Waals surface area contributed by atoms with Gasteiger partial charge in [0.25, 0.3) is 0 Å². The van der Waals surface area contributed by atoms with Crippen molar-refractivity contribution in [3.05, 3.63) is 18.6 Å². The van der Waals surface area contributed by atoms with E-state index in [4.69, 9.17) is 16.5 Å². The number of rotatable bonds is 2. The van der Waals surface area contributed by atoms with Crippen molar-refractivity contribution in [1.82, 2.24) is 14.4 Å². The predicted molar refractivity (Wildman–Crippen MR) is 43.9 cm³/mol. The molecule has 0 aromatic carbocycles. The Labute approximate surface area is 75.2 Å². The number of nitrogens with zero attached hydrogens (tertiary/aromatic N) is 3. The van der Waals surface area contributed by atoms with E-state index in [1.807, 2.05) is 0 Å². The lowest BCUT2D eigenvalue weighted by Crippen LogP contribution is -2.48. The van der Waals surface area contributed by atoms with Crippen LogP contribution >= 0.6 is 11.8 Å². The van der Waals surface area contributed by atoms with Crippen molar-refractivity contribution in [2.45, 2.75) is 6.10 Å². The Hall–Kier alpha value is -0.870. The summed E-state index contributed by atoms with van der Waals surface area (Å²) in [5.74, 6) is 0.562. The Morgan fingerprint density at radius 3 is 2.92 bits per heavy atom. The summed E-state index contributed by atoms with van der Waals surface area (Å²) in [6.45, 7) is 1.50. The zero-order valence-electron chi connectivity index (χ0n) is 6.35. The summed E-state index contributed by atoms with van der Waals surface area (Å²) in [4.78, 5) is 7.86. The van der Waals surface area contributed by atoms with Gasteiger partial charge in [-0.25, -0.2) is 9.40 Å². The molecule has 0 spiro atoms. The largest absolute Gasteiger partial charge is 0.470 e. The normalized spacial score (nSPS) is 18.8. The second kappa shape index (κ2) is 3.25. The van der Waals surface area contributed by atoms with Gasteiger partial charge in [-0.1, -0.05) is 0 Å². The summed E-state index contributed by atoms with van der Waals surface area (Å²) in [7, 11) is 0. The SMILES string of the molecule is ClN1CC(Oc2cnccn2)C1. The highest BCUT2D eigenvalue weighted by Gasteiger charge is 2.27. The molecular weight excluding hydrogens is 178 g/mol. The van der Waals surface area contributed by atoms with Gasteiger partial charge in [-0.2, -0.15) is 0 Å². The van der Waals surface area contributed by atoms with Gasteiger partial charge in [-0.05, 0) is 11.8 Å². The van der Waals surface area contributed by atoms with Crippen LogP contribution in [0.15, 0.2) is 18.6 Å². The fourth-order valence-corrected chi connectivity index (χ4v) is 1.29. The monoisotopic (exact) mass is 185 g/mol. The first-order valence-electron chi connectivity index (χ1n) is 3.68. The minimum absolute atomic E-state index is 0.166. The minimum atomic E-state index is 0.166. The van der Waals surface area contributed by atoms with E-state index in [0.717, 1.165) is 13.1 Å².